The summed E-state index contributed by atoms with van der Waals surface area (Å²) in [7, 11) is 0. The SMILES string of the molecule is CCCNC(CSC)Cc1nc(C(C)(C)C)cs1. The number of hydrogen-bond donors (Lipinski definition) is 1. The zero-order chi connectivity index (χ0) is 13.6. The molecule has 0 saturated carbocycles. The van der Waals surface area contributed by atoms with Gasteiger partial charge >= 0.3 is 0 Å². The molecule has 1 unspecified atom stereocenters. The van der Waals surface area contributed by atoms with Crippen LogP contribution in [0.15, 0.2) is 5.38 Å². The van der Waals surface area contributed by atoms with E-state index in [0.29, 0.717) is 6.04 Å². The standard InChI is InChI=1S/C14H26N2S2/c1-6-7-15-11(9-17-5)8-13-16-12(10-18-13)14(2,3)4/h10-11,15H,6-9H2,1-5H3. The fraction of sp³-hybridized carbons (Fsp3) is 0.786. The molecule has 1 aromatic heterocycles. The van der Waals surface area contributed by atoms with Gasteiger partial charge < -0.3 is 5.32 Å². The predicted molar refractivity (Wildman–Crippen MR) is 85.0 cm³/mol. The van der Waals surface area contributed by atoms with Gasteiger partial charge in [0.1, 0.15) is 0 Å². The molecular formula is C14H26N2S2. The van der Waals surface area contributed by atoms with Crippen molar-refractivity contribution in [2.75, 3.05) is 18.6 Å². The molecule has 0 bridgehead atoms. The Bertz CT molecular complexity index is 342. The van der Waals surface area contributed by atoms with Gasteiger partial charge in [-0.2, -0.15) is 11.8 Å². The summed E-state index contributed by atoms with van der Waals surface area (Å²) in [5.74, 6) is 1.16. The molecule has 0 fully saturated rings. The number of hydrogen-bond acceptors (Lipinski definition) is 4. The first-order valence-electron chi connectivity index (χ1n) is 6.64. The molecule has 1 heterocycles. The van der Waals surface area contributed by atoms with Crippen LogP contribution in [0, 0.1) is 0 Å². The summed E-state index contributed by atoms with van der Waals surface area (Å²) in [6.45, 7) is 9.98. The summed E-state index contributed by atoms with van der Waals surface area (Å²) in [5, 5.41) is 7.09. The van der Waals surface area contributed by atoms with E-state index in [1.54, 1.807) is 11.3 Å². The van der Waals surface area contributed by atoms with Gasteiger partial charge in [-0.25, -0.2) is 4.98 Å². The number of aromatic nitrogens is 1. The van der Waals surface area contributed by atoms with Crippen LogP contribution in [0.5, 0.6) is 0 Å². The monoisotopic (exact) mass is 286 g/mol. The van der Waals surface area contributed by atoms with Crippen LogP contribution in [0.1, 0.15) is 44.8 Å². The van der Waals surface area contributed by atoms with Crippen molar-refractivity contribution in [2.24, 2.45) is 0 Å². The zero-order valence-corrected chi connectivity index (χ0v) is 13.9. The van der Waals surface area contributed by atoms with Crippen molar-refractivity contribution in [3.63, 3.8) is 0 Å². The Morgan fingerprint density at radius 3 is 2.67 bits per heavy atom. The molecule has 0 radical (unpaired) electrons. The minimum atomic E-state index is 0.167. The highest BCUT2D eigenvalue weighted by Crippen LogP contribution is 2.24. The quantitative estimate of drug-likeness (QED) is 0.827. The van der Waals surface area contributed by atoms with Gasteiger partial charge in [-0.3, -0.25) is 0 Å². The molecule has 0 aliphatic heterocycles. The molecule has 18 heavy (non-hydrogen) atoms. The second kappa shape index (κ2) is 7.51. The van der Waals surface area contributed by atoms with E-state index in [4.69, 9.17) is 4.98 Å². The largest absolute Gasteiger partial charge is 0.313 e. The number of thioether (sulfide) groups is 1. The highest BCUT2D eigenvalue weighted by molar-refractivity contribution is 7.98. The zero-order valence-electron chi connectivity index (χ0n) is 12.2. The number of nitrogens with zero attached hydrogens (tertiary/aromatic N) is 1. The summed E-state index contributed by atoms with van der Waals surface area (Å²) in [5.41, 5.74) is 1.39. The van der Waals surface area contributed by atoms with Crippen LogP contribution in [0.4, 0.5) is 0 Å². The van der Waals surface area contributed by atoms with Crippen LogP contribution in [0.25, 0.3) is 0 Å². The molecule has 0 aliphatic rings. The maximum atomic E-state index is 4.78. The minimum absolute atomic E-state index is 0.167. The number of rotatable bonds is 7. The van der Waals surface area contributed by atoms with E-state index < -0.39 is 0 Å². The highest BCUT2D eigenvalue weighted by Gasteiger charge is 2.18. The maximum absolute atomic E-state index is 4.78. The van der Waals surface area contributed by atoms with Crippen LogP contribution >= 0.6 is 23.1 Å². The van der Waals surface area contributed by atoms with Crippen molar-refractivity contribution < 1.29 is 0 Å². The van der Waals surface area contributed by atoms with E-state index in [2.05, 4.69) is 44.6 Å². The first-order chi connectivity index (χ1) is 8.47. The lowest BCUT2D eigenvalue weighted by molar-refractivity contribution is 0.541. The van der Waals surface area contributed by atoms with Crippen molar-refractivity contribution in [3.05, 3.63) is 16.1 Å². The van der Waals surface area contributed by atoms with Gasteiger partial charge in [-0.15, -0.1) is 11.3 Å². The third-order valence-corrected chi connectivity index (χ3v) is 4.40. The third kappa shape index (κ3) is 5.29. The summed E-state index contributed by atoms with van der Waals surface area (Å²) in [6, 6.07) is 0.555. The molecule has 0 aromatic carbocycles. The lowest BCUT2D eigenvalue weighted by Crippen LogP contribution is -2.34. The van der Waals surface area contributed by atoms with Crippen molar-refractivity contribution in [1.82, 2.24) is 10.3 Å². The average Bonchev–Trinajstić information content (AvgIpc) is 2.74. The van der Waals surface area contributed by atoms with E-state index in [0.717, 1.165) is 18.7 Å². The lowest BCUT2D eigenvalue weighted by Gasteiger charge is -2.17. The van der Waals surface area contributed by atoms with Gasteiger partial charge in [0.15, 0.2) is 0 Å². The molecular weight excluding hydrogens is 260 g/mol. The summed E-state index contributed by atoms with van der Waals surface area (Å²) in [6.07, 6.45) is 4.42. The molecule has 1 aromatic rings. The molecule has 1 atom stereocenters. The summed E-state index contributed by atoms with van der Waals surface area (Å²) in [4.78, 5) is 4.78. The molecule has 2 nitrogen and oxygen atoms in total. The van der Waals surface area contributed by atoms with Crippen molar-refractivity contribution >= 4 is 23.1 Å². The van der Waals surface area contributed by atoms with Crippen molar-refractivity contribution in [2.45, 2.75) is 52.0 Å². The average molecular weight is 287 g/mol. The summed E-state index contributed by atoms with van der Waals surface area (Å²) < 4.78 is 0. The molecule has 4 heteroatoms. The van der Waals surface area contributed by atoms with E-state index >= 15 is 0 Å². The fourth-order valence-electron chi connectivity index (χ4n) is 1.70. The van der Waals surface area contributed by atoms with Crippen LogP contribution in [-0.2, 0) is 11.8 Å². The Kier molecular flexibility index (Phi) is 6.67. The second-order valence-corrected chi connectivity index (χ2v) is 7.54. The van der Waals surface area contributed by atoms with Gasteiger partial charge in [0.25, 0.3) is 0 Å². The predicted octanol–water partition coefficient (Wildman–Crippen LogP) is 3.71. The first kappa shape index (κ1) is 16.0. The van der Waals surface area contributed by atoms with Gasteiger partial charge in [0.05, 0.1) is 10.7 Å². The summed E-state index contributed by atoms with van der Waals surface area (Å²) >= 11 is 3.71. The molecule has 1 rings (SSSR count). The highest BCUT2D eigenvalue weighted by atomic mass is 32.2. The number of thiazole rings is 1. The molecule has 0 aliphatic carbocycles. The molecule has 1 N–H and O–H groups in total. The van der Waals surface area contributed by atoms with Gasteiger partial charge in [0.2, 0.25) is 0 Å². The molecule has 104 valence electrons. The molecule has 0 saturated heterocycles. The van der Waals surface area contributed by atoms with E-state index in [-0.39, 0.29) is 5.41 Å². The Morgan fingerprint density at radius 1 is 1.44 bits per heavy atom. The van der Waals surface area contributed by atoms with E-state index in [1.807, 2.05) is 11.8 Å². The number of nitrogens with one attached hydrogen (secondary N) is 1. The Morgan fingerprint density at radius 2 is 2.17 bits per heavy atom. The second-order valence-electron chi connectivity index (χ2n) is 5.69. The Hall–Kier alpha value is -0.0600. The van der Waals surface area contributed by atoms with Crippen LogP contribution in [-0.4, -0.2) is 29.6 Å². The van der Waals surface area contributed by atoms with Gasteiger partial charge in [0, 0.05) is 29.0 Å². The maximum Gasteiger partial charge on any atom is 0.0944 e. The van der Waals surface area contributed by atoms with E-state index in [9.17, 15) is 0 Å². The Labute approximate surface area is 120 Å². The Balaban J connectivity index is 2.60. The normalized spacial score (nSPS) is 13.8. The van der Waals surface area contributed by atoms with Crippen molar-refractivity contribution in [3.8, 4) is 0 Å². The molecule has 0 amide bonds. The third-order valence-electron chi connectivity index (χ3n) is 2.79. The van der Waals surface area contributed by atoms with Crippen LogP contribution < -0.4 is 5.32 Å². The lowest BCUT2D eigenvalue weighted by atomic mass is 9.93. The van der Waals surface area contributed by atoms with Crippen molar-refractivity contribution in [1.29, 1.82) is 0 Å². The van der Waals surface area contributed by atoms with Gasteiger partial charge in [-0.1, -0.05) is 27.7 Å². The minimum Gasteiger partial charge on any atom is -0.313 e. The van der Waals surface area contributed by atoms with Crippen LogP contribution in [0.3, 0.4) is 0 Å². The molecule has 0 spiro atoms. The topological polar surface area (TPSA) is 24.9 Å². The van der Waals surface area contributed by atoms with E-state index in [1.165, 1.54) is 17.1 Å². The first-order valence-corrected chi connectivity index (χ1v) is 8.92. The fourth-order valence-corrected chi connectivity index (χ4v) is 3.44. The van der Waals surface area contributed by atoms with Gasteiger partial charge in [-0.05, 0) is 19.2 Å². The van der Waals surface area contributed by atoms with Crippen LogP contribution in [0.2, 0.25) is 0 Å². The smallest absolute Gasteiger partial charge is 0.0944 e.